The fraction of sp³-hybridized carbons (Fsp3) is 0.625. The van der Waals surface area contributed by atoms with Gasteiger partial charge >= 0.3 is 0 Å². The second kappa shape index (κ2) is 6.80. The Bertz CT molecular complexity index is 367. The van der Waals surface area contributed by atoms with Crippen LogP contribution in [0, 0.1) is 0 Å². The van der Waals surface area contributed by atoms with Crippen molar-refractivity contribution in [3.05, 3.63) is 24.3 Å². The van der Waals surface area contributed by atoms with Crippen molar-refractivity contribution in [1.29, 1.82) is 0 Å². The van der Waals surface area contributed by atoms with Crippen molar-refractivity contribution in [2.75, 3.05) is 20.3 Å². The molecular formula is C16H25NO2. The van der Waals surface area contributed by atoms with Crippen LogP contribution in [0.4, 0.5) is 0 Å². The van der Waals surface area contributed by atoms with E-state index in [1.807, 2.05) is 24.3 Å². The van der Waals surface area contributed by atoms with E-state index in [0.717, 1.165) is 24.7 Å². The zero-order valence-corrected chi connectivity index (χ0v) is 12.3. The first-order valence-corrected chi connectivity index (χ1v) is 7.23. The molecule has 2 rings (SSSR count). The smallest absolute Gasteiger partial charge is 0.119 e. The minimum atomic E-state index is 0.684. The normalized spacial score (nSPS) is 24.2. The van der Waals surface area contributed by atoms with E-state index in [1.165, 1.54) is 19.3 Å². The van der Waals surface area contributed by atoms with E-state index in [9.17, 15) is 0 Å². The first kappa shape index (κ1) is 14.2. The van der Waals surface area contributed by atoms with Crippen molar-refractivity contribution in [3.8, 4) is 11.5 Å². The molecule has 1 aliphatic rings. The van der Waals surface area contributed by atoms with Crippen LogP contribution in [0.5, 0.6) is 11.5 Å². The predicted octanol–water partition coefficient (Wildman–Crippen LogP) is 3.34. The maximum Gasteiger partial charge on any atom is 0.119 e. The van der Waals surface area contributed by atoms with E-state index in [-0.39, 0.29) is 0 Å². The first-order valence-electron chi connectivity index (χ1n) is 7.23. The molecule has 19 heavy (non-hydrogen) atoms. The van der Waals surface area contributed by atoms with Crippen LogP contribution < -0.4 is 9.47 Å². The summed E-state index contributed by atoms with van der Waals surface area (Å²) in [6.07, 6.45) is 3.98. The van der Waals surface area contributed by atoms with Crippen molar-refractivity contribution >= 4 is 0 Å². The molecule has 1 aliphatic heterocycles. The summed E-state index contributed by atoms with van der Waals surface area (Å²) >= 11 is 0. The predicted molar refractivity (Wildman–Crippen MR) is 78.0 cm³/mol. The Balaban J connectivity index is 1.78. The molecule has 1 heterocycles. The zero-order chi connectivity index (χ0) is 13.7. The number of hydrogen-bond acceptors (Lipinski definition) is 3. The molecule has 1 aromatic rings. The summed E-state index contributed by atoms with van der Waals surface area (Å²) in [5.74, 6) is 1.78. The average Bonchev–Trinajstić information content (AvgIpc) is 2.43. The monoisotopic (exact) mass is 263 g/mol. The van der Waals surface area contributed by atoms with Gasteiger partial charge in [0.25, 0.3) is 0 Å². The number of rotatable bonds is 5. The number of likely N-dealkylation sites (tertiary alicyclic amines) is 1. The lowest BCUT2D eigenvalue weighted by Gasteiger charge is -2.38. The summed E-state index contributed by atoms with van der Waals surface area (Å²) in [6.45, 7) is 6.40. The molecule has 0 spiro atoms. The van der Waals surface area contributed by atoms with E-state index in [4.69, 9.17) is 9.47 Å². The number of benzene rings is 1. The lowest BCUT2D eigenvalue weighted by molar-refractivity contribution is 0.0851. The molecule has 0 bridgehead atoms. The largest absolute Gasteiger partial charge is 0.497 e. The molecule has 0 N–H and O–H groups in total. The van der Waals surface area contributed by atoms with Crippen molar-refractivity contribution in [2.45, 2.75) is 45.2 Å². The Labute approximate surface area is 116 Å². The van der Waals surface area contributed by atoms with Crippen molar-refractivity contribution in [2.24, 2.45) is 0 Å². The highest BCUT2D eigenvalue weighted by Gasteiger charge is 2.23. The molecule has 1 saturated heterocycles. The molecule has 2 atom stereocenters. The van der Waals surface area contributed by atoms with Crippen molar-refractivity contribution in [3.63, 3.8) is 0 Å². The Kier molecular flexibility index (Phi) is 5.08. The molecule has 1 fully saturated rings. The highest BCUT2D eigenvalue weighted by atomic mass is 16.5. The second-order valence-electron chi connectivity index (χ2n) is 5.39. The van der Waals surface area contributed by atoms with Gasteiger partial charge in [-0.3, -0.25) is 4.90 Å². The van der Waals surface area contributed by atoms with E-state index >= 15 is 0 Å². The van der Waals surface area contributed by atoms with Gasteiger partial charge in [0.2, 0.25) is 0 Å². The first-order chi connectivity index (χ1) is 9.20. The lowest BCUT2D eigenvalue weighted by Crippen LogP contribution is -2.45. The summed E-state index contributed by atoms with van der Waals surface area (Å²) in [7, 11) is 1.68. The number of nitrogens with zero attached hydrogens (tertiary/aromatic N) is 1. The maximum atomic E-state index is 5.81. The van der Waals surface area contributed by atoms with Crippen molar-refractivity contribution in [1.82, 2.24) is 4.90 Å². The molecule has 3 nitrogen and oxygen atoms in total. The Hall–Kier alpha value is -1.22. The third-order valence-corrected chi connectivity index (χ3v) is 4.05. The van der Waals surface area contributed by atoms with Gasteiger partial charge in [-0.15, -0.1) is 0 Å². The number of piperidine rings is 1. The third kappa shape index (κ3) is 3.87. The Morgan fingerprint density at radius 1 is 1.05 bits per heavy atom. The van der Waals surface area contributed by atoms with Crippen LogP contribution >= 0.6 is 0 Å². The van der Waals surface area contributed by atoms with Crippen LogP contribution in [0.25, 0.3) is 0 Å². The van der Waals surface area contributed by atoms with Crippen molar-refractivity contribution < 1.29 is 9.47 Å². The summed E-state index contributed by atoms with van der Waals surface area (Å²) in [6, 6.07) is 9.15. The molecule has 0 aliphatic carbocycles. The molecule has 3 heteroatoms. The van der Waals surface area contributed by atoms with E-state index in [2.05, 4.69) is 18.7 Å². The second-order valence-corrected chi connectivity index (χ2v) is 5.39. The van der Waals surface area contributed by atoms with E-state index < -0.39 is 0 Å². The molecule has 0 radical (unpaired) electrons. The summed E-state index contributed by atoms with van der Waals surface area (Å²) < 4.78 is 10.9. The molecule has 106 valence electrons. The van der Waals surface area contributed by atoms with Gasteiger partial charge in [0.05, 0.1) is 7.11 Å². The molecule has 0 amide bonds. The van der Waals surface area contributed by atoms with Gasteiger partial charge in [0.1, 0.15) is 18.1 Å². The highest BCUT2D eigenvalue weighted by molar-refractivity contribution is 5.31. The molecule has 0 unspecified atom stereocenters. The standard InChI is InChI=1S/C16H25NO2/c1-13-5-4-6-14(2)17(13)11-12-19-16-9-7-15(18-3)8-10-16/h7-10,13-14H,4-6,11-12H2,1-3H3/t13-,14+. The molecule has 1 aromatic carbocycles. The van der Waals surface area contributed by atoms with Crippen LogP contribution in [0.2, 0.25) is 0 Å². The van der Waals surface area contributed by atoms with Gasteiger partial charge in [-0.1, -0.05) is 6.42 Å². The van der Waals surface area contributed by atoms with Crippen LogP contribution in [0.1, 0.15) is 33.1 Å². The van der Waals surface area contributed by atoms with Gasteiger partial charge in [-0.25, -0.2) is 0 Å². The Morgan fingerprint density at radius 3 is 2.21 bits per heavy atom. The SMILES string of the molecule is COc1ccc(OCCN2[C@H](C)CCC[C@@H]2C)cc1. The summed E-state index contributed by atoms with van der Waals surface area (Å²) in [4.78, 5) is 2.56. The van der Waals surface area contributed by atoms with Gasteiger partial charge in [0.15, 0.2) is 0 Å². The van der Waals surface area contributed by atoms with Gasteiger partial charge < -0.3 is 9.47 Å². The van der Waals surface area contributed by atoms with Gasteiger partial charge in [0, 0.05) is 18.6 Å². The number of methoxy groups -OCH3 is 1. The topological polar surface area (TPSA) is 21.7 Å². The average molecular weight is 263 g/mol. The lowest BCUT2D eigenvalue weighted by atomic mass is 9.98. The molecular weight excluding hydrogens is 238 g/mol. The van der Waals surface area contributed by atoms with E-state index in [1.54, 1.807) is 7.11 Å². The maximum absolute atomic E-state index is 5.81. The summed E-state index contributed by atoms with van der Waals surface area (Å²) in [5, 5.41) is 0. The summed E-state index contributed by atoms with van der Waals surface area (Å²) in [5.41, 5.74) is 0. The third-order valence-electron chi connectivity index (χ3n) is 4.05. The molecule has 0 saturated carbocycles. The van der Waals surface area contributed by atoms with E-state index in [0.29, 0.717) is 12.1 Å². The fourth-order valence-corrected chi connectivity index (χ4v) is 2.86. The van der Waals surface area contributed by atoms with Crippen LogP contribution in [-0.4, -0.2) is 37.2 Å². The van der Waals surface area contributed by atoms with Crippen LogP contribution in [0.15, 0.2) is 24.3 Å². The van der Waals surface area contributed by atoms with Crippen LogP contribution in [-0.2, 0) is 0 Å². The number of hydrogen-bond donors (Lipinski definition) is 0. The quantitative estimate of drug-likeness (QED) is 0.813. The fourth-order valence-electron chi connectivity index (χ4n) is 2.86. The minimum absolute atomic E-state index is 0.684. The Morgan fingerprint density at radius 2 is 1.63 bits per heavy atom. The van der Waals surface area contributed by atoms with Gasteiger partial charge in [-0.2, -0.15) is 0 Å². The highest BCUT2D eigenvalue weighted by Crippen LogP contribution is 2.22. The minimum Gasteiger partial charge on any atom is -0.497 e. The number of ether oxygens (including phenoxy) is 2. The molecule has 0 aromatic heterocycles. The zero-order valence-electron chi connectivity index (χ0n) is 12.3. The van der Waals surface area contributed by atoms with Crippen LogP contribution in [0.3, 0.4) is 0 Å². The van der Waals surface area contributed by atoms with Gasteiger partial charge in [-0.05, 0) is 51.0 Å².